The van der Waals surface area contributed by atoms with Gasteiger partial charge in [-0.1, -0.05) is 11.6 Å². The molecule has 0 aromatic carbocycles. The maximum absolute atomic E-state index is 6.27. The SMILES string of the molecule is CO[C@@H]1[C@H](N)CCC2(CO2)[C@H]1[C@@]1(C)O[C@@H]1CC=C(C)C. The fourth-order valence-corrected chi connectivity index (χ4v) is 4.02. The molecule has 2 aliphatic heterocycles. The second kappa shape index (κ2) is 4.80. The first kappa shape index (κ1) is 14.5. The van der Waals surface area contributed by atoms with Crippen molar-refractivity contribution in [3.05, 3.63) is 11.6 Å². The Bertz CT molecular complexity index is 414. The molecule has 0 aromatic heterocycles. The molecule has 1 aliphatic carbocycles. The Morgan fingerprint density at radius 3 is 2.70 bits per heavy atom. The van der Waals surface area contributed by atoms with Crippen LogP contribution in [-0.4, -0.2) is 43.2 Å². The van der Waals surface area contributed by atoms with Gasteiger partial charge >= 0.3 is 0 Å². The summed E-state index contributed by atoms with van der Waals surface area (Å²) in [6.45, 7) is 7.28. The van der Waals surface area contributed by atoms with Crippen molar-refractivity contribution in [2.75, 3.05) is 13.7 Å². The molecule has 0 amide bonds. The minimum atomic E-state index is -0.152. The lowest BCUT2D eigenvalue weighted by Gasteiger charge is -2.42. The van der Waals surface area contributed by atoms with Crippen molar-refractivity contribution in [1.82, 2.24) is 0 Å². The minimum absolute atomic E-state index is 0.0351. The highest BCUT2D eigenvalue weighted by Gasteiger charge is 2.71. The Morgan fingerprint density at radius 1 is 1.45 bits per heavy atom. The highest BCUT2D eigenvalue weighted by Crippen LogP contribution is 2.59. The molecule has 2 saturated heterocycles. The summed E-state index contributed by atoms with van der Waals surface area (Å²) in [5, 5.41) is 0. The molecule has 0 radical (unpaired) electrons. The molecule has 0 aromatic rings. The standard InChI is InChI=1S/C16H27NO3/c1-10(2)5-6-12-15(3,20-12)14-13(18-4)11(17)7-8-16(14)9-19-16/h5,11-14H,6-9,17H2,1-4H3/t11-,12-,13-,14-,15+,16?/m1/s1. The van der Waals surface area contributed by atoms with E-state index in [1.807, 2.05) is 0 Å². The van der Waals surface area contributed by atoms with Gasteiger partial charge in [-0.05, 0) is 40.0 Å². The largest absolute Gasteiger partial charge is 0.379 e. The van der Waals surface area contributed by atoms with Gasteiger partial charge in [0.2, 0.25) is 0 Å². The summed E-state index contributed by atoms with van der Waals surface area (Å²) >= 11 is 0. The van der Waals surface area contributed by atoms with Crippen LogP contribution in [-0.2, 0) is 14.2 Å². The van der Waals surface area contributed by atoms with E-state index in [2.05, 4.69) is 26.8 Å². The van der Waals surface area contributed by atoms with Gasteiger partial charge in [-0.2, -0.15) is 0 Å². The van der Waals surface area contributed by atoms with Crippen LogP contribution in [0, 0.1) is 5.92 Å². The third-order valence-corrected chi connectivity index (χ3v) is 5.34. The smallest absolute Gasteiger partial charge is 0.101 e. The molecule has 20 heavy (non-hydrogen) atoms. The number of nitrogens with two attached hydrogens (primary N) is 1. The molecule has 4 heteroatoms. The zero-order valence-corrected chi connectivity index (χ0v) is 13.0. The first-order chi connectivity index (χ1) is 9.43. The second-order valence-corrected chi connectivity index (χ2v) is 7.04. The van der Waals surface area contributed by atoms with E-state index in [1.54, 1.807) is 7.11 Å². The summed E-state index contributed by atoms with van der Waals surface area (Å²) in [4.78, 5) is 0. The van der Waals surface area contributed by atoms with Crippen molar-refractivity contribution in [1.29, 1.82) is 0 Å². The zero-order chi connectivity index (χ0) is 14.5. The molecule has 3 rings (SSSR count). The van der Waals surface area contributed by atoms with E-state index in [9.17, 15) is 0 Å². The molecule has 1 unspecified atom stereocenters. The summed E-state index contributed by atoms with van der Waals surface area (Å²) < 4.78 is 17.7. The summed E-state index contributed by atoms with van der Waals surface area (Å²) in [6.07, 6.45) is 5.54. The van der Waals surface area contributed by atoms with Crippen molar-refractivity contribution in [3.63, 3.8) is 0 Å². The van der Waals surface area contributed by atoms with Crippen LogP contribution < -0.4 is 5.73 Å². The van der Waals surface area contributed by atoms with Gasteiger partial charge in [0, 0.05) is 19.1 Å². The van der Waals surface area contributed by atoms with Crippen LogP contribution in [0.25, 0.3) is 0 Å². The zero-order valence-electron chi connectivity index (χ0n) is 13.0. The van der Waals surface area contributed by atoms with Gasteiger partial charge in [0.15, 0.2) is 0 Å². The Kier molecular flexibility index (Phi) is 3.49. The molecule has 3 fully saturated rings. The monoisotopic (exact) mass is 281 g/mol. The number of ether oxygens (including phenoxy) is 3. The van der Waals surface area contributed by atoms with Crippen molar-refractivity contribution >= 4 is 0 Å². The van der Waals surface area contributed by atoms with Crippen molar-refractivity contribution < 1.29 is 14.2 Å². The van der Waals surface area contributed by atoms with Gasteiger partial charge in [0.05, 0.1) is 24.4 Å². The maximum Gasteiger partial charge on any atom is 0.101 e. The van der Waals surface area contributed by atoms with Crippen LogP contribution in [0.1, 0.15) is 40.0 Å². The van der Waals surface area contributed by atoms with E-state index in [0.29, 0.717) is 0 Å². The third-order valence-electron chi connectivity index (χ3n) is 5.34. The topological polar surface area (TPSA) is 60.3 Å². The van der Waals surface area contributed by atoms with Gasteiger partial charge in [-0.15, -0.1) is 0 Å². The maximum atomic E-state index is 6.27. The lowest BCUT2D eigenvalue weighted by molar-refractivity contribution is -0.0601. The molecule has 1 spiro atoms. The van der Waals surface area contributed by atoms with Crippen LogP contribution in [0.3, 0.4) is 0 Å². The van der Waals surface area contributed by atoms with Crippen molar-refractivity contribution in [3.8, 4) is 0 Å². The number of epoxide rings is 2. The Balaban J connectivity index is 1.78. The predicted octanol–water partition coefficient (Wildman–Crippen LogP) is 2.02. The normalized spacial score (nSPS) is 50.0. The minimum Gasteiger partial charge on any atom is -0.379 e. The number of hydrogen-bond acceptors (Lipinski definition) is 4. The van der Waals surface area contributed by atoms with Gasteiger partial charge in [0.1, 0.15) is 5.60 Å². The molecule has 2 heterocycles. The molecule has 0 bridgehead atoms. The highest BCUT2D eigenvalue weighted by atomic mass is 16.6. The number of hydrogen-bond donors (Lipinski definition) is 1. The summed E-state index contributed by atoms with van der Waals surface area (Å²) in [7, 11) is 1.76. The second-order valence-electron chi connectivity index (χ2n) is 7.04. The fraction of sp³-hybridized carbons (Fsp3) is 0.875. The first-order valence-corrected chi connectivity index (χ1v) is 7.66. The van der Waals surface area contributed by atoms with Crippen LogP contribution in [0.2, 0.25) is 0 Å². The lowest BCUT2D eigenvalue weighted by atomic mass is 9.67. The van der Waals surface area contributed by atoms with Gasteiger partial charge < -0.3 is 19.9 Å². The lowest BCUT2D eigenvalue weighted by Crippen LogP contribution is -2.57. The van der Waals surface area contributed by atoms with Gasteiger partial charge in [-0.3, -0.25) is 0 Å². The van der Waals surface area contributed by atoms with Crippen molar-refractivity contribution in [2.24, 2.45) is 11.7 Å². The molecule has 6 atom stereocenters. The molecule has 1 saturated carbocycles. The van der Waals surface area contributed by atoms with Gasteiger partial charge in [-0.25, -0.2) is 0 Å². The molecule has 4 nitrogen and oxygen atoms in total. The Morgan fingerprint density at radius 2 is 2.15 bits per heavy atom. The Hall–Kier alpha value is -0.420. The van der Waals surface area contributed by atoms with E-state index in [0.717, 1.165) is 25.9 Å². The van der Waals surface area contributed by atoms with Gasteiger partial charge in [0.25, 0.3) is 0 Å². The summed E-state index contributed by atoms with van der Waals surface area (Å²) in [5.41, 5.74) is 7.42. The van der Waals surface area contributed by atoms with E-state index in [-0.39, 0.29) is 35.4 Å². The van der Waals surface area contributed by atoms with Crippen molar-refractivity contribution in [2.45, 2.75) is 69.5 Å². The quantitative estimate of drug-likeness (QED) is 0.632. The average Bonchev–Trinajstić information content (AvgIpc) is 3.29. The summed E-state index contributed by atoms with van der Waals surface area (Å²) in [6, 6.07) is 0.0879. The van der Waals surface area contributed by atoms with Crippen LogP contribution >= 0.6 is 0 Å². The molecular weight excluding hydrogens is 254 g/mol. The van der Waals surface area contributed by atoms with Crippen LogP contribution in [0.15, 0.2) is 11.6 Å². The molecule has 2 N–H and O–H groups in total. The van der Waals surface area contributed by atoms with E-state index < -0.39 is 0 Å². The van der Waals surface area contributed by atoms with E-state index in [1.165, 1.54) is 5.57 Å². The van der Waals surface area contributed by atoms with E-state index in [4.69, 9.17) is 19.9 Å². The van der Waals surface area contributed by atoms with E-state index >= 15 is 0 Å². The van der Waals surface area contributed by atoms with Crippen LogP contribution in [0.4, 0.5) is 0 Å². The first-order valence-electron chi connectivity index (χ1n) is 7.66. The number of allylic oxidation sites excluding steroid dienone is 1. The van der Waals surface area contributed by atoms with Crippen LogP contribution in [0.5, 0.6) is 0 Å². The summed E-state index contributed by atoms with van der Waals surface area (Å²) in [5.74, 6) is 0.249. The molecule has 3 aliphatic rings. The fourth-order valence-electron chi connectivity index (χ4n) is 4.02. The number of methoxy groups -OCH3 is 1. The number of rotatable bonds is 4. The Labute approximate surface area is 121 Å². The average molecular weight is 281 g/mol. The predicted molar refractivity (Wildman–Crippen MR) is 77.5 cm³/mol. The molecule has 114 valence electrons. The highest BCUT2D eigenvalue weighted by molar-refractivity contribution is 5.21. The third kappa shape index (κ3) is 2.23. The molecular formula is C16H27NO3.